The van der Waals surface area contributed by atoms with Crippen molar-refractivity contribution in [3.8, 4) is 22.5 Å². The van der Waals surface area contributed by atoms with Crippen LogP contribution in [0.3, 0.4) is 0 Å². The summed E-state index contributed by atoms with van der Waals surface area (Å²) in [4.78, 5) is 2.39. The highest BCUT2D eigenvalue weighted by atomic mass is 15.2. The van der Waals surface area contributed by atoms with Crippen LogP contribution in [0.4, 0.5) is 11.5 Å². The number of nitrogens with zero attached hydrogens (tertiary/aromatic N) is 3. The zero-order chi connectivity index (χ0) is 33.8. The van der Waals surface area contributed by atoms with E-state index in [0.717, 1.165) is 29.9 Å². The van der Waals surface area contributed by atoms with E-state index in [0.29, 0.717) is 0 Å². The molecule has 8 aromatic rings. The molecule has 0 saturated carbocycles. The number of aromatic nitrogens is 2. The Kier molecular flexibility index (Phi) is 7.28. The van der Waals surface area contributed by atoms with Crippen LogP contribution in [0.2, 0.25) is 0 Å². The van der Waals surface area contributed by atoms with Crippen molar-refractivity contribution in [1.29, 1.82) is 0 Å². The number of anilines is 2. The van der Waals surface area contributed by atoms with Gasteiger partial charge in [0.2, 0.25) is 0 Å². The molecule has 0 aliphatic heterocycles. The lowest BCUT2D eigenvalue weighted by atomic mass is 9.95. The number of allylic oxidation sites excluding steroid dienone is 4. The summed E-state index contributed by atoms with van der Waals surface area (Å²) in [6.07, 6.45) is 8.86. The Morgan fingerprint density at radius 3 is 2.06 bits per heavy atom. The lowest BCUT2D eigenvalue weighted by molar-refractivity contribution is 1.02. The van der Waals surface area contributed by atoms with Gasteiger partial charge in [0.05, 0.1) is 16.6 Å². The van der Waals surface area contributed by atoms with Crippen molar-refractivity contribution in [3.05, 3.63) is 174 Å². The van der Waals surface area contributed by atoms with E-state index in [4.69, 9.17) is 0 Å². The number of benzene rings is 6. The van der Waals surface area contributed by atoms with Gasteiger partial charge in [-0.2, -0.15) is 0 Å². The number of fused-ring (bicyclic) bond motifs is 4. The molecule has 3 heteroatoms. The third-order valence-corrected chi connectivity index (χ3v) is 10.5. The van der Waals surface area contributed by atoms with Gasteiger partial charge in [-0.05, 0) is 97.0 Å². The van der Waals surface area contributed by atoms with Crippen molar-refractivity contribution < 1.29 is 0 Å². The van der Waals surface area contributed by atoms with Gasteiger partial charge < -0.3 is 9.47 Å². The van der Waals surface area contributed by atoms with E-state index < -0.39 is 0 Å². The fraction of sp³-hybridized carbons (Fsp3) is 0.106. The van der Waals surface area contributed by atoms with Crippen LogP contribution in [0.5, 0.6) is 0 Å². The van der Waals surface area contributed by atoms with Crippen molar-refractivity contribution in [2.75, 3.05) is 11.9 Å². The van der Waals surface area contributed by atoms with Crippen LogP contribution >= 0.6 is 0 Å². The van der Waals surface area contributed by atoms with Crippen molar-refractivity contribution in [1.82, 2.24) is 9.13 Å². The zero-order valence-corrected chi connectivity index (χ0v) is 28.8. The van der Waals surface area contributed by atoms with Gasteiger partial charge in [0, 0.05) is 45.8 Å². The van der Waals surface area contributed by atoms with E-state index in [1.807, 2.05) is 0 Å². The summed E-state index contributed by atoms with van der Waals surface area (Å²) in [5, 5.41) is 3.82. The van der Waals surface area contributed by atoms with Crippen molar-refractivity contribution in [2.45, 2.75) is 26.7 Å². The minimum Gasteiger partial charge on any atom is -0.330 e. The van der Waals surface area contributed by atoms with Crippen molar-refractivity contribution in [2.24, 2.45) is 0 Å². The standard InChI is InChI=1S/C47H39N3/c1-32-17-10-11-24-38(32)39-29-30-41-40-25-12-14-27-43(40)49(46(41)33(39)2)37-23-16-22-36(31-37)48(3)47-45(34-18-6-4-7-19-34)42-26-13-15-28-44(42)50(47)35-20-8-5-9-21-35/h4-6,8-18,20-31H,7,19H2,1-3H3. The average molecular weight is 646 g/mol. The molecule has 0 bridgehead atoms. The second-order valence-corrected chi connectivity index (χ2v) is 13.4. The molecule has 1 aliphatic carbocycles. The maximum Gasteiger partial charge on any atom is 0.126 e. The first-order chi connectivity index (χ1) is 24.6. The van der Waals surface area contributed by atoms with E-state index in [-0.39, 0.29) is 0 Å². The van der Waals surface area contributed by atoms with Gasteiger partial charge >= 0.3 is 0 Å². The minimum absolute atomic E-state index is 1.02. The number of rotatable bonds is 6. The lowest BCUT2D eigenvalue weighted by Gasteiger charge is -2.26. The van der Waals surface area contributed by atoms with E-state index in [9.17, 15) is 0 Å². The molecule has 3 nitrogen and oxygen atoms in total. The van der Waals surface area contributed by atoms with Crippen LogP contribution in [0.25, 0.3) is 60.8 Å². The molecule has 1 aliphatic rings. The second kappa shape index (κ2) is 12.1. The highest BCUT2D eigenvalue weighted by Gasteiger charge is 2.25. The average Bonchev–Trinajstić information content (AvgIpc) is 3.70. The number of hydrogen-bond acceptors (Lipinski definition) is 1. The first-order valence-electron chi connectivity index (χ1n) is 17.6. The summed E-state index contributed by atoms with van der Waals surface area (Å²) >= 11 is 0. The summed E-state index contributed by atoms with van der Waals surface area (Å²) in [7, 11) is 2.23. The van der Waals surface area contributed by atoms with E-state index in [1.54, 1.807) is 0 Å². The Hall–Kier alpha value is -6.06. The summed E-state index contributed by atoms with van der Waals surface area (Å²) in [5.74, 6) is 1.18. The Bertz CT molecular complexity index is 2630. The van der Waals surface area contributed by atoms with Gasteiger partial charge in [0.15, 0.2) is 0 Å². The predicted octanol–water partition coefficient (Wildman–Crippen LogP) is 12.5. The van der Waals surface area contributed by atoms with Crippen LogP contribution < -0.4 is 4.90 Å². The molecule has 0 amide bonds. The predicted molar refractivity (Wildman–Crippen MR) is 213 cm³/mol. The zero-order valence-electron chi connectivity index (χ0n) is 28.8. The van der Waals surface area contributed by atoms with Crippen molar-refractivity contribution >= 4 is 49.8 Å². The molecule has 0 spiro atoms. The Morgan fingerprint density at radius 2 is 1.28 bits per heavy atom. The number of para-hydroxylation sites is 3. The van der Waals surface area contributed by atoms with Gasteiger partial charge in [0.25, 0.3) is 0 Å². The SMILES string of the molecule is Cc1ccccc1-c1ccc2c3ccccc3n(-c3cccc(N(C)c4c(C5=CC=CCC5)c5ccccc5n4-c4ccccc4)c3)c2c1C. The third-order valence-electron chi connectivity index (χ3n) is 10.5. The molecule has 2 aromatic heterocycles. The van der Waals surface area contributed by atoms with Gasteiger partial charge in [-0.3, -0.25) is 4.57 Å². The summed E-state index contributed by atoms with van der Waals surface area (Å²) < 4.78 is 4.91. The molecule has 0 saturated heterocycles. The highest BCUT2D eigenvalue weighted by Crippen LogP contribution is 2.45. The van der Waals surface area contributed by atoms with E-state index >= 15 is 0 Å². The normalized spacial score (nSPS) is 13.0. The molecular formula is C47H39N3. The lowest BCUT2D eigenvalue weighted by Crippen LogP contribution is -2.16. The third kappa shape index (κ3) is 4.73. The van der Waals surface area contributed by atoms with Gasteiger partial charge in [-0.25, -0.2) is 0 Å². The molecule has 0 atom stereocenters. The molecule has 50 heavy (non-hydrogen) atoms. The van der Waals surface area contributed by atoms with Crippen LogP contribution in [-0.2, 0) is 0 Å². The Balaban J connectivity index is 1.28. The Labute approximate surface area is 293 Å². The summed E-state index contributed by atoms with van der Waals surface area (Å²) in [6.45, 7) is 4.49. The summed E-state index contributed by atoms with van der Waals surface area (Å²) in [5.41, 5.74) is 14.9. The maximum absolute atomic E-state index is 2.47. The van der Waals surface area contributed by atoms with Crippen LogP contribution in [0, 0.1) is 13.8 Å². The molecule has 0 radical (unpaired) electrons. The smallest absolute Gasteiger partial charge is 0.126 e. The monoisotopic (exact) mass is 645 g/mol. The second-order valence-electron chi connectivity index (χ2n) is 13.4. The summed E-state index contributed by atoms with van der Waals surface area (Å²) in [6, 6.07) is 50.9. The quantitative estimate of drug-likeness (QED) is 0.175. The highest BCUT2D eigenvalue weighted by molar-refractivity contribution is 6.12. The van der Waals surface area contributed by atoms with Gasteiger partial charge in [-0.1, -0.05) is 115 Å². The largest absolute Gasteiger partial charge is 0.330 e. The minimum atomic E-state index is 1.02. The fourth-order valence-electron chi connectivity index (χ4n) is 8.13. The Morgan fingerprint density at radius 1 is 0.580 bits per heavy atom. The molecule has 6 aromatic carbocycles. The first-order valence-corrected chi connectivity index (χ1v) is 17.6. The van der Waals surface area contributed by atoms with Crippen LogP contribution in [0.1, 0.15) is 29.5 Å². The number of aryl methyl sites for hydroxylation is 2. The molecular weight excluding hydrogens is 607 g/mol. The van der Waals surface area contributed by atoms with Gasteiger partial charge in [-0.15, -0.1) is 0 Å². The van der Waals surface area contributed by atoms with E-state index in [2.05, 4.69) is 193 Å². The van der Waals surface area contributed by atoms with Crippen LogP contribution in [-0.4, -0.2) is 16.2 Å². The molecule has 0 N–H and O–H groups in total. The molecule has 0 fully saturated rings. The maximum atomic E-state index is 2.47. The van der Waals surface area contributed by atoms with Crippen LogP contribution in [0.15, 0.2) is 158 Å². The van der Waals surface area contributed by atoms with E-state index in [1.165, 1.54) is 71.9 Å². The molecule has 242 valence electrons. The topological polar surface area (TPSA) is 13.1 Å². The molecule has 2 heterocycles. The molecule has 0 unspecified atom stereocenters. The number of hydrogen-bond donors (Lipinski definition) is 0. The van der Waals surface area contributed by atoms with Crippen molar-refractivity contribution in [3.63, 3.8) is 0 Å². The molecule has 9 rings (SSSR count). The first kappa shape index (κ1) is 30.0. The fourth-order valence-corrected chi connectivity index (χ4v) is 8.13. The van der Waals surface area contributed by atoms with Gasteiger partial charge in [0.1, 0.15) is 5.82 Å².